The van der Waals surface area contributed by atoms with E-state index in [1.165, 1.54) is 19.3 Å². The first-order valence-corrected chi connectivity index (χ1v) is 7.36. The highest BCUT2D eigenvalue weighted by Crippen LogP contribution is 2.22. The molecule has 0 aliphatic carbocycles. The third-order valence-electron chi connectivity index (χ3n) is 3.69. The standard InChI is InChI=1S/C17H23NO2/c1-2-3-4-6-11-16-12-18(13-16)17(19)20-14-15-9-7-5-8-10-15/h2,5,7-10,16H,1,3-4,6,11-14H2. The third kappa shape index (κ3) is 4.41. The number of rotatable bonds is 7. The number of benzene rings is 1. The van der Waals surface area contributed by atoms with Gasteiger partial charge in [-0.05, 0) is 30.7 Å². The fourth-order valence-corrected chi connectivity index (χ4v) is 2.43. The maximum Gasteiger partial charge on any atom is 0.410 e. The molecule has 1 amide bonds. The number of allylic oxidation sites excluding steroid dienone is 1. The number of unbranched alkanes of at least 4 members (excludes halogenated alkanes) is 2. The summed E-state index contributed by atoms with van der Waals surface area (Å²) < 4.78 is 5.30. The Kier molecular flexibility index (Phi) is 5.66. The molecule has 3 heteroatoms. The number of hydrogen-bond acceptors (Lipinski definition) is 2. The average molecular weight is 273 g/mol. The van der Waals surface area contributed by atoms with Crippen molar-refractivity contribution in [1.82, 2.24) is 4.90 Å². The predicted molar refractivity (Wildman–Crippen MR) is 80.4 cm³/mol. The van der Waals surface area contributed by atoms with Crippen molar-refractivity contribution in [2.45, 2.75) is 32.3 Å². The molecule has 1 aromatic carbocycles. The number of likely N-dealkylation sites (tertiary alicyclic amines) is 1. The Morgan fingerprint density at radius 3 is 2.75 bits per heavy atom. The summed E-state index contributed by atoms with van der Waals surface area (Å²) in [5, 5.41) is 0. The largest absolute Gasteiger partial charge is 0.445 e. The van der Waals surface area contributed by atoms with E-state index in [2.05, 4.69) is 6.58 Å². The van der Waals surface area contributed by atoms with E-state index in [0.717, 1.165) is 25.1 Å². The van der Waals surface area contributed by atoms with Crippen LogP contribution in [0.2, 0.25) is 0 Å². The summed E-state index contributed by atoms with van der Waals surface area (Å²) >= 11 is 0. The zero-order chi connectivity index (χ0) is 14.2. The molecule has 3 nitrogen and oxygen atoms in total. The van der Waals surface area contributed by atoms with Gasteiger partial charge >= 0.3 is 6.09 Å². The lowest BCUT2D eigenvalue weighted by atomic mass is 9.94. The van der Waals surface area contributed by atoms with Gasteiger partial charge in [-0.2, -0.15) is 0 Å². The molecule has 2 rings (SSSR count). The van der Waals surface area contributed by atoms with E-state index < -0.39 is 0 Å². The first-order chi connectivity index (χ1) is 9.79. The second-order valence-corrected chi connectivity index (χ2v) is 5.38. The number of carbonyl (C=O) groups excluding carboxylic acids is 1. The third-order valence-corrected chi connectivity index (χ3v) is 3.69. The molecule has 0 spiro atoms. The fraction of sp³-hybridized carbons (Fsp3) is 0.471. The van der Waals surface area contributed by atoms with E-state index >= 15 is 0 Å². The van der Waals surface area contributed by atoms with Crippen molar-refractivity contribution >= 4 is 6.09 Å². The number of carbonyl (C=O) groups is 1. The Morgan fingerprint density at radius 2 is 2.05 bits per heavy atom. The van der Waals surface area contributed by atoms with Gasteiger partial charge in [0.15, 0.2) is 0 Å². The molecular weight excluding hydrogens is 250 g/mol. The number of nitrogens with zero attached hydrogens (tertiary/aromatic N) is 1. The van der Waals surface area contributed by atoms with Crippen molar-refractivity contribution in [3.63, 3.8) is 0 Å². The number of ether oxygens (including phenoxy) is 1. The van der Waals surface area contributed by atoms with Gasteiger partial charge in [-0.25, -0.2) is 4.79 Å². The molecular formula is C17H23NO2. The van der Waals surface area contributed by atoms with Crippen LogP contribution >= 0.6 is 0 Å². The van der Waals surface area contributed by atoms with Crippen molar-refractivity contribution in [1.29, 1.82) is 0 Å². The minimum Gasteiger partial charge on any atom is -0.445 e. The SMILES string of the molecule is C=CCCCCC1CN(C(=O)OCc2ccccc2)C1. The molecule has 0 bridgehead atoms. The summed E-state index contributed by atoms with van der Waals surface area (Å²) in [6.45, 7) is 5.78. The van der Waals surface area contributed by atoms with Crippen LogP contribution < -0.4 is 0 Å². The van der Waals surface area contributed by atoms with Crippen LogP contribution in [0, 0.1) is 5.92 Å². The molecule has 1 aliphatic rings. The minimum atomic E-state index is -0.184. The predicted octanol–water partition coefficient (Wildman–Crippen LogP) is 4.00. The van der Waals surface area contributed by atoms with Crippen LogP contribution in [0.15, 0.2) is 43.0 Å². The maximum absolute atomic E-state index is 11.8. The van der Waals surface area contributed by atoms with Gasteiger partial charge in [0, 0.05) is 13.1 Å². The highest BCUT2D eigenvalue weighted by atomic mass is 16.6. The lowest BCUT2D eigenvalue weighted by Crippen LogP contribution is -2.50. The topological polar surface area (TPSA) is 29.5 Å². The molecule has 0 atom stereocenters. The summed E-state index contributed by atoms with van der Waals surface area (Å²) in [5.41, 5.74) is 1.03. The van der Waals surface area contributed by atoms with Crippen molar-refractivity contribution in [3.05, 3.63) is 48.6 Å². The summed E-state index contributed by atoms with van der Waals surface area (Å²) in [4.78, 5) is 13.6. The molecule has 0 aromatic heterocycles. The minimum absolute atomic E-state index is 0.184. The van der Waals surface area contributed by atoms with Gasteiger partial charge < -0.3 is 9.64 Å². The van der Waals surface area contributed by atoms with Gasteiger partial charge in [-0.3, -0.25) is 0 Å². The van der Waals surface area contributed by atoms with Gasteiger partial charge in [0.1, 0.15) is 6.61 Å². The maximum atomic E-state index is 11.8. The van der Waals surface area contributed by atoms with E-state index in [-0.39, 0.29) is 6.09 Å². The van der Waals surface area contributed by atoms with Gasteiger partial charge in [-0.1, -0.05) is 42.8 Å². The second kappa shape index (κ2) is 7.73. The molecule has 0 N–H and O–H groups in total. The van der Waals surface area contributed by atoms with Gasteiger partial charge in [0.05, 0.1) is 0 Å². The summed E-state index contributed by atoms with van der Waals surface area (Å²) in [6.07, 6.45) is 6.51. The highest BCUT2D eigenvalue weighted by Gasteiger charge is 2.30. The van der Waals surface area contributed by atoms with Crippen LogP contribution in [0.3, 0.4) is 0 Å². The lowest BCUT2D eigenvalue weighted by Gasteiger charge is -2.38. The van der Waals surface area contributed by atoms with E-state index in [1.54, 1.807) is 4.90 Å². The highest BCUT2D eigenvalue weighted by molar-refractivity contribution is 5.68. The summed E-state index contributed by atoms with van der Waals surface area (Å²) in [7, 11) is 0. The molecule has 108 valence electrons. The monoisotopic (exact) mass is 273 g/mol. The molecule has 1 heterocycles. The first-order valence-electron chi connectivity index (χ1n) is 7.36. The zero-order valence-electron chi connectivity index (χ0n) is 12.0. The second-order valence-electron chi connectivity index (χ2n) is 5.38. The van der Waals surface area contributed by atoms with Crippen LogP contribution in [0.25, 0.3) is 0 Å². The van der Waals surface area contributed by atoms with Crippen LogP contribution in [-0.2, 0) is 11.3 Å². The van der Waals surface area contributed by atoms with Crippen molar-refractivity contribution in [2.75, 3.05) is 13.1 Å². The number of hydrogen-bond donors (Lipinski definition) is 0. The van der Waals surface area contributed by atoms with Gasteiger partial charge in [0.2, 0.25) is 0 Å². The Morgan fingerprint density at radius 1 is 1.30 bits per heavy atom. The molecule has 20 heavy (non-hydrogen) atoms. The van der Waals surface area contributed by atoms with Crippen LogP contribution in [0.1, 0.15) is 31.2 Å². The van der Waals surface area contributed by atoms with Crippen LogP contribution in [-0.4, -0.2) is 24.1 Å². The summed E-state index contributed by atoms with van der Waals surface area (Å²) in [6, 6.07) is 9.79. The molecule has 1 aliphatic heterocycles. The van der Waals surface area contributed by atoms with E-state index in [0.29, 0.717) is 12.5 Å². The van der Waals surface area contributed by atoms with Crippen molar-refractivity contribution in [2.24, 2.45) is 5.92 Å². The Labute approximate surface area is 121 Å². The lowest BCUT2D eigenvalue weighted by molar-refractivity contribution is 0.0465. The van der Waals surface area contributed by atoms with E-state index in [4.69, 9.17) is 4.74 Å². The van der Waals surface area contributed by atoms with E-state index in [1.807, 2.05) is 36.4 Å². The average Bonchev–Trinajstić information content (AvgIpc) is 2.44. The molecule has 0 radical (unpaired) electrons. The Hall–Kier alpha value is -1.77. The quantitative estimate of drug-likeness (QED) is 0.555. The van der Waals surface area contributed by atoms with Gasteiger partial charge in [0.25, 0.3) is 0 Å². The first kappa shape index (κ1) is 14.6. The molecule has 1 aromatic rings. The summed E-state index contributed by atoms with van der Waals surface area (Å²) in [5.74, 6) is 0.657. The fourth-order valence-electron chi connectivity index (χ4n) is 2.43. The van der Waals surface area contributed by atoms with Crippen molar-refractivity contribution in [3.8, 4) is 0 Å². The normalized spacial score (nSPS) is 14.7. The molecule has 0 saturated carbocycles. The Balaban J connectivity index is 1.58. The van der Waals surface area contributed by atoms with Gasteiger partial charge in [-0.15, -0.1) is 6.58 Å². The van der Waals surface area contributed by atoms with Crippen LogP contribution in [0.5, 0.6) is 0 Å². The smallest absolute Gasteiger partial charge is 0.410 e. The Bertz CT molecular complexity index is 424. The molecule has 1 fully saturated rings. The zero-order valence-corrected chi connectivity index (χ0v) is 12.0. The van der Waals surface area contributed by atoms with Crippen LogP contribution in [0.4, 0.5) is 4.79 Å². The van der Waals surface area contributed by atoms with Crippen molar-refractivity contribution < 1.29 is 9.53 Å². The molecule has 0 unspecified atom stereocenters. The number of amides is 1. The van der Waals surface area contributed by atoms with E-state index in [9.17, 15) is 4.79 Å². The molecule has 1 saturated heterocycles.